The van der Waals surface area contributed by atoms with Gasteiger partial charge in [0.05, 0.1) is 25.3 Å². The van der Waals surface area contributed by atoms with Crippen LogP contribution in [-0.4, -0.2) is 23.1 Å². The average Bonchev–Trinajstić information content (AvgIpc) is 3.12. The molecular weight excluding hydrogens is 401 g/mol. The van der Waals surface area contributed by atoms with Crippen molar-refractivity contribution < 1.29 is 17.9 Å². The third kappa shape index (κ3) is 8.41. The lowest BCUT2D eigenvalue weighted by molar-refractivity contribution is -0.140. The van der Waals surface area contributed by atoms with Crippen LogP contribution in [0.5, 0.6) is 0 Å². The molecule has 0 aliphatic carbocycles. The normalized spacial score (nSPS) is 12.9. The molecule has 1 aromatic carbocycles. The van der Waals surface area contributed by atoms with Crippen LogP contribution in [-0.2, 0) is 30.6 Å². The van der Waals surface area contributed by atoms with Gasteiger partial charge in [0, 0.05) is 11.9 Å². The highest BCUT2D eigenvalue weighted by atomic mass is 32.1. The number of aromatic nitrogens is 1. The number of aliphatic imine (C=N–C) groups is 1. The van der Waals surface area contributed by atoms with Crippen LogP contribution in [0.4, 0.5) is 13.2 Å². The van der Waals surface area contributed by atoms with Crippen LogP contribution in [0, 0.1) is 0 Å². The maximum atomic E-state index is 12.7. The highest BCUT2D eigenvalue weighted by Crippen LogP contribution is 2.29. The smallest absolute Gasteiger partial charge is 0.371 e. The monoisotopic (exact) mass is 428 g/mol. The fraction of sp³-hybridized carbons (Fsp3) is 0.500. The number of nitrogens with one attached hydrogen (secondary N) is 2. The summed E-state index contributed by atoms with van der Waals surface area (Å²) < 4.78 is 43.8. The van der Waals surface area contributed by atoms with Crippen LogP contribution in [0.25, 0.3) is 0 Å². The lowest BCUT2D eigenvalue weighted by Crippen LogP contribution is -2.36. The van der Waals surface area contributed by atoms with Crippen molar-refractivity contribution in [2.24, 2.45) is 4.99 Å². The molecule has 0 amide bonds. The van der Waals surface area contributed by atoms with Crippen LogP contribution in [0.15, 0.2) is 34.6 Å². The maximum Gasteiger partial charge on any atom is 0.434 e. The second kappa shape index (κ2) is 10.1. The summed E-state index contributed by atoms with van der Waals surface area (Å²) >= 11 is 0.970. The summed E-state index contributed by atoms with van der Waals surface area (Å²) in [5.41, 5.74) is 1.01. The zero-order chi connectivity index (χ0) is 21.5. The average molecular weight is 429 g/mol. The Hall–Kier alpha value is -2.13. The van der Waals surface area contributed by atoms with Crippen molar-refractivity contribution in [1.29, 1.82) is 0 Å². The van der Waals surface area contributed by atoms with Crippen LogP contribution < -0.4 is 10.6 Å². The molecule has 0 fully saturated rings. The number of halogens is 3. The first-order valence-corrected chi connectivity index (χ1v) is 10.2. The predicted octanol–water partition coefficient (Wildman–Crippen LogP) is 4.73. The van der Waals surface area contributed by atoms with Gasteiger partial charge in [-0.05, 0) is 38.8 Å². The van der Waals surface area contributed by atoms with Gasteiger partial charge in [0.15, 0.2) is 11.7 Å². The Morgan fingerprint density at radius 2 is 1.90 bits per heavy atom. The van der Waals surface area contributed by atoms with Crippen molar-refractivity contribution in [2.45, 2.75) is 59.2 Å². The van der Waals surface area contributed by atoms with Crippen LogP contribution in [0.1, 0.15) is 49.5 Å². The highest BCUT2D eigenvalue weighted by molar-refractivity contribution is 7.09. The van der Waals surface area contributed by atoms with Crippen LogP contribution >= 0.6 is 11.3 Å². The van der Waals surface area contributed by atoms with E-state index in [1.807, 2.05) is 52.0 Å². The van der Waals surface area contributed by atoms with Gasteiger partial charge in [-0.2, -0.15) is 13.2 Å². The lowest BCUT2D eigenvalue weighted by Gasteiger charge is -2.19. The SMILES string of the molecule is CCNC(=NCc1cccc(COC(C)(C)C)c1)NCc1nc(C(F)(F)F)cs1. The van der Waals surface area contributed by atoms with Gasteiger partial charge in [0.2, 0.25) is 0 Å². The van der Waals surface area contributed by atoms with E-state index in [1.165, 1.54) is 0 Å². The summed E-state index contributed by atoms with van der Waals surface area (Å²) in [5, 5.41) is 7.49. The molecular formula is C20H27F3N4OS. The molecule has 0 bridgehead atoms. The minimum atomic E-state index is -4.42. The number of alkyl halides is 3. The van der Waals surface area contributed by atoms with Crippen LogP contribution in [0.2, 0.25) is 0 Å². The first-order chi connectivity index (χ1) is 13.6. The molecule has 5 nitrogen and oxygen atoms in total. The second-order valence-corrected chi connectivity index (χ2v) is 8.34. The summed E-state index contributed by atoms with van der Waals surface area (Å²) in [6.45, 7) is 9.71. The van der Waals surface area contributed by atoms with Crippen molar-refractivity contribution in [2.75, 3.05) is 6.54 Å². The van der Waals surface area contributed by atoms with Gasteiger partial charge in [-0.15, -0.1) is 11.3 Å². The molecule has 0 saturated heterocycles. The van der Waals surface area contributed by atoms with Gasteiger partial charge < -0.3 is 15.4 Å². The van der Waals surface area contributed by atoms with E-state index in [0.29, 0.717) is 30.7 Å². The zero-order valence-corrected chi connectivity index (χ0v) is 17.9. The molecule has 0 aliphatic heterocycles. The van der Waals surface area contributed by atoms with E-state index < -0.39 is 11.9 Å². The van der Waals surface area contributed by atoms with Crippen molar-refractivity contribution >= 4 is 17.3 Å². The Morgan fingerprint density at radius 1 is 1.17 bits per heavy atom. The van der Waals surface area contributed by atoms with Crippen molar-refractivity contribution in [3.8, 4) is 0 Å². The Labute approximate surface area is 173 Å². The van der Waals surface area contributed by atoms with E-state index in [-0.39, 0.29) is 12.1 Å². The molecule has 0 radical (unpaired) electrons. The minimum Gasteiger partial charge on any atom is -0.371 e. The maximum absolute atomic E-state index is 12.7. The molecule has 0 unspecified atom stereocenters. The lowest BCUT2D eigenvalue weighted by atomic mass is 10.1. The topological polar surface area (TPSA) is 58.5 Å². The molecule has 29 heavy (non-hydrogen) atoms. The number of ether oxygens (including phenoxy) is 1. The van der Waals surface area contributed by atoms with Gasteiger partial charge in [-0.25, -0.2) is 9.98 Å². The van der Waals surface area contributed by atoms with Crippen LogP contribution in [0.3, 0.4) is 0 Å². The summed E-state index contributed by atoms with van der Waals surface area (Å²) in [6.07, 6.45) is -4.42. The number of guanidine groups is 1. The zero-order valence-electron chi connectivity index (χ0n) is 17.1. The first-order valence-electron chi connectivity index (χ1n) is 9.32. The van der Waals surface area contributed by atoms with Gasteiger partial charge in [-0.3, -0.25) is 0 Å². The molecule has 9 heteroatoms. The molecule has 0 saturated carbocycles. The van der Waals surface area contributed by atoms with Gasteiger partial charge >= 0.3 is 6.18 Å². The van der Waals surface area contributed by atoms with Gasteiger partial charge in [0.1, 0.15) is 5.01 Å². The van der Waals surface area contributed by atoms with E-state index in [0.717, 1.165) is 27.8 Å². The highest BCUT2D eigenvalue weighted by Gasteiger charge is 2.33. The Bertz CT molecular complexity index is 813. The van der Waals surface area contributed by atoms with Crippen molar-refractivity contribution in [3.05, 3.63) is 51.5 Å². The molecule has 1 heterocycles. The fourth-order valence-electron chi connectivity index (χ4n) is 2.31. The summed E-state index contributed by atoms with van der Waals surface area (Å²) in [5.74, 6) is 0.521. The standard InChI is InChI=1S/C20H27F3N4OS/c1-5-24-18(26-11-17-27-16(13-29-17)20(21,22)23)25-10-14-7-6-8-15(9-14)12-28-19(2,3)4/h6-9,13H,5,10-12H2,1-4H3,(H2,24,25,26). The van der Waals surface area contributed by atoms with E-state index in [1.54, 1.807) is 0 Å². The number of hydrogen-bond acceptors (Lipinski definition) is 4. The third-order valence-corrected chi connectivity index (χ3v) is 4.53. The Balaban J connectivity index is 1.97. The second-order valence-electron chi connectivity index (χ2n) is 7.39. The molecule has 0 aliphatic rings. The molecule has 2 N–H and O–H groups in total. The molecule has 2 rings (SSSR count). The molecule has 0 atom stereocenters. The third-order valence-electron chi connectivity index (χ3n) is 3.68. The largest absolute Gasteiger partial charge is 0.434 e. The molecule has 1 aromatic heterocycles. The quantitative estimate of drug-likeness (QED) is 0.494. The van der Waals surface area contributed by atoms with E-state index in [2.05, 4.69) is 20.6 Å². The number of nitrogens with zero attached hydrogens (tertiary/aromatic N) is 2. The number of hydrogen-bond donors (Lipinski definition) is 2. The summed E-state index contributed by atoms with van der Waals surface area (Å²) in [7, 11) is 0. The summed E-state index contributed by atoms with van der Waals surface area (Å²) in [6, 6.07) is 7.98. The Kier molecular flexibility index (Phi) is 8.04. The van der Waals surface area contributed by atoms with Crippen molar-refractivity contribution in [1.82, 2.24) is 15.6 Å². The first kappa shape index (κ1) is 23.2. The van der Waals surface area contributed by atoms with E-state index in [9.17, 15) is 13.2 Å². The molecule has 2 aromatic rings. The van der Waals surface area contributed by atoms with E-state index in [4.69, 9.17) is 4.74 Å². The number of thiazole rings is 1. The predicted molar refractivity (Wildman–Crippen MR) is 110 cm³/mol. The minimum absolute atomic E-state index is 0.173. The Morgan fingerprint density at radius 3 is 2.52 bits per heavy atom. The fourth-order valence-corrected chi connectivity index (χ4v) is 3.05. The number of benzene rings is 1. The molecule has 160 valence electrons. The number of rotatable bonds is 7. The van der Waals surface area contributed by atoms with Gasteiger partial charge in [-0.1, -0.05) is 24.3 Å². The van der Waals surface area contributed by atoms with Crippen molar-refractivity contribution in [3.63, 3.8) is 0 Å². The van der Waals surface area contributed by atoms with Gasteiger partial charge in [0.25, 0.3) is 0 Å². The van der Waals surface area contributed by atoms with E-state index >= 15 is 0 Å². The summed E-state index contributed by atoms with van der Waals surface area (Å²) in [4.78, 5) is 8.13. The molecule has 0 spiro atoms.